The fourth-order valence-electron chi connectivity index (χ4n) is 4.22. The molecule has 0 saturated heterocycles. The van der Waals surface area contributed by atoms with Crippen LogP contribution in [-0.2, 0) is 20.7 Å². The summed E-state index contributed by atoms with van der Waals surface area (Å²) in [6.07, 6.45) is 2.51. The van der Waals surface area contributed by atoms with Gasteiger partial charge >= 0.3 is 12.1 Å². The quantitative estimate of drug-likeness (QED) is 0.386. The van der Waals surface area contributed by atoms with Gasteiger partial charge in [0.2, 0.25) is 5.91 Å². The SMILES string of the molecule is CC[C@H](NC(=O)OCC1c2ccccc2-c2ccccc21)C(=O)N[C@H](Cc1cnc[nH]1)C(=O)O. The van der Waals surface area contributed by atoms with Crippen molar-refractivity contribution >= 4 is 18.0 Å². The Morgan fingerprint density at radius 2 is 1.68 bits per heavy atom. The Labute approximate surface area is 196 Å². The number of benzene rings is 2. The maximum Gasteiger partial charge on any atom is 0.407 e. The first-order valence-corrected chi connectivity index (χ1v) is 11.1. The predicted octanol–water partition coefficient (Wildman–Crippen LogP) is 2.84. The van der Waals surface area contributed by atoms with E-state index in [4.69, 9.17) is 4.74 Å². The summed E-state index contributed by atoms with van der Waals surface area (Å²) in [5.41, 5.74) is 4.99. The van der Waals surface area contributed by atoms with Gasteiger partial charge < -0.3 is 25.5 Å². The Hall–Kier alpha value is -4.14. The largest absolute Gasteiger partial charge is 0.480 e. The lowest BCUT2D eigenvalue weighted by Gasteiger charge is -2.21. The average Bonchev–Trinajstić information content (AvgIpc) is 3.46. The molecule has 1 heterocycles. The smallest absolute Gasteiger partial charge is 0.407 e. The number of aliphatic carboxylic acids is 1. The molecule has 176 valence electrons. The number of fused-ring (bicyclic) bond motifs is 3. The predicted molar refractivity (Wildman–Crippen MR) is 124 cm³/mol. The van der Waals surface area contributed by atoms with Gasteiger partial charge in [0, 0.05) is 24.2 Å². The molecule has 0 spiro atoms. The molecule has 0 fully saturated rings. The second-order valence-corrected chi connectivity index (χ2v) is 8.11. The van der Waals surface area contributed by atoms with Crippen LogP contribution in [0.2, 0.25) is 0 Å². The topological polar surface area (TPSA) is 133 Å². The first-order chi connectivity index (χ1) is 16.5. The van der Waals surface area contributed by atoms with E-state index < -0.39 is 30.1 Å². The van der Waals surface area contributed by atoms with Crippen LogP contribution in [0.1, 0.15) is 36.1 Å². The van der Waals surface area contributed by atoms with Crippen molar-refractivity contribution in [2.24, 2.45) is 0 Å². The zero-order valence-electron chi connectivity index (χ0n) is 18.7. The Morgan fingerprint density at radius 3 is 2.24 bits per heavy atom. The number of rotatable bonds is 9. The zero-order chi connectivity index (χ0) is 24.1. The second-order valence-electron chi connectivity index (χ2n) is 8.11. The van der Waals surface area contributed by atoms with Gasteiger partial charge in [0.15, 0.2) is 0 Å². The molecule has 0 radical (unpaired) electrons. The molecule has 0 bridgehead atoms. The highest BCUT2D eigenvalue weighted by molar-refractivity contribution is 5.89. The van der Waals surface area contributed by atoms with Crippen molar-refractivity contribution < 1.29 is 24.2 Å². The molecule has 2 atom stereocenters. The minimum Gasteiger partial charge on any atom is -0.480 e. The van der Waals surface area contributed by atoms with Crippen LogP contribution in [-0.4, -0.2) is 51.7 Å². The second kappa shape index (κ2) is 10.2. The summed E-state index contributed by atoms with van der Waals surface area (Å²) in [5, 5.41) is 14.5. The third-order valence-electron chi connectivity index (χ3n) is 5.95. The van der Waals surface area contributed by atoms with Crippen LogP contribution in [0, 0.1) is 0 Å². The third-order valence-corrected chi connectivity index (χ3v) is 5.95. The van der Waals surface area contributed by atoms with E-state index in [1.165, 1.54) is 12.5 Å². The number of carbonyl (C=O) groups is 3. The molecular weight excluding hydrogens is 436 g/mol. The summed E-state index contributed by atoms with van der Waals surface area (Å²) in [5.74, 6) is -1.88. The monoisotopic (exact) mass is 462 g/mol. The van der Waals surface area contributed by atoms with Crippen molar-refractivity contribution in [2.45, 2.75) is 37.8 Å². The van der Waals surface area contributed by atoms with E-state index in [1.807, 2.05) is 48.5 Å². The number of carbonyl (C=O) groups excluding carboxylic acids is 2. The number of carboxylic acid groups (broad SMARTS) is 1. The average molecular weight is 463 g/mol. The van der Waals surface area contributed by atoms with Crippen LogP contribution in [0.25, 0.3) is 11.1 Å². The summed E-state index contributed by atoms with van der Waals surface area (Å²) in [6, 6.07) is 13.9. The number of nitrogens with zero attached hydrogens (tertiary/aromatic N) is 1. The molecule has 0 saturated carbocycles. The van der Waals surface area contributed by atoms with Gasteiger partial charge in [-0.3, -0.25) is 4.79 Å². The molecule has 4 rings (SSSR count). The molecule has 3 aromatic rings. The lowest BCUT2D eigenvalue weighted by atomic mass is 9.98. The van der Waals surface area contributed by atoms with Gasteiger partial charge in [0.1, 0.15) is 18.7 Å². The first-order valence-electron chi connectivity index (χ1n) is 11.1. The van der Waals surface area contributed by atoms with Gasteiger partial charge in [-0.2, -0.15) is 0 Å². The van der Waals surface area contributed by atoms with Crippen molar-refractivity contribution in [3.05, 3.63) is 77.9 Å². The van der Waals surface area contributed by atoms with Crippen molar-refractivity contribution in [2.75, 3.05) is 6.61 Å². The molecule has 0 aliphatic heterocycles. The minimum absolute atomic E-state index is 0.0441. The third kappa shape index (κ3) is 4.93. The Balaban J connectivity index is 1.36. The van der Waals surface area contributed by atoms with E-state index >= 15 is 0 Å². The number of hydrogen-bond donors (Lipinski definition) is 4. The van der Waals surface area contributed by atoms with Gasteiger partial charge in [-0.05, 0) is 28.7 Å². The van der Waals surface area contributed by atoms with Gasteiger partial charge in [-0.15, -0.1) is 0 Å². The molecule has 1 aliphatic carbocycles. The number of alkyl carbamates (subject to hydrolysis) is 1. The number of aromatic amines is 1. The molecule has 9 nitrogen and oxygen atoms in total. The number of hydrogen-bond acceptors (Lipinski definition) is 5. The zero-order valence-corrected chi connectivity index (χ0v) is 18.7. The number of amides is 2. The summed E-state index contributed by atoms with van der Waals surface area (Å²) in [6.45, 7) is 1.84. The van der Waals surface area contributed by atoms with E-state index in [9.17, 15) is 19.5 Å². The Bertz CT molecular complexity index is 1130. The van der Waals surface area contributed by atoms with Crippen LogP contribution in [0.5, 0.6) is 0 Å². The summed E-state index contributed by atoms with van der Waals surface area (Å²) < 4.78 is 5.50. The van der Waals surface area contributed by atoms with Gasteiger partial charge in [0.05, 0.1) is 6.33 Å². The molecule has 2 aromatic carbocycles. The highest BCUT2D eigenvalue weighted by Gasteiger charge is 2.30. The minimum atomic E-state index is -1.18. The number of ether oxygens (including phenoxy) is 1. The molecule has 0 unspecified atom stereocenters. The summed E-state index contributed by atoms with van der Waals surface area (Å²) in [7, 11) is 0. The number of nitrogens with one attached hydrogen (secondary N) is 3. The fraction of sp³-hybridized carbons (Fsp3) is 0.280. The van der Waals surface area contributed by atoms with Gasteiger partial charge in [-0.1, -0.05) is 55.5 Å². The molecule has 1 aliphatic rings. The Kier molecular flexibility index (Phi) is 6.91. The summed E-state index contributed by atoms with van der Waals surface area (Å²) in [4.78, 5) is 43.4. The van der Waals surface area contributed by atoms with E-state index in [0.29, 0.717) is 5.69 Å². The lowest BCUT2D eigenvalue weighted by Crippen LogP contribution is -2.52. The van der Waals surface area contributed by atoms with E-state index in [1.54, 1.807) is 6.92 Å². The first kappa shape index (κ1) is 23.0. The number of H-pyrrole nitrogens is 1. The molecule has 34 heavy (non-hydrogen) atoms. The van der Waals surface area contributed by atoms with Crippen molar-refractivity contribution in [3.63, 3.8) is 0 Å². The van der Waals surface area contributed by atoms with Crippen LogP contribution in [0.4, 0.5) is 4.79 Å². The van der Waals surface area contributed by atoms with Crippen LogP contribution in [0.15, 0.2) is 61.1 Å². The lowest BCUT2D eigenvalue weighted by molar-refractivity contribution is -0.142. The number of imidazole rings is 1. The molecule has 9 heteroatoms. The molecule has 1 aromatic heterocycles. The summed E-state index contributed by atoms with van der Waals surface area (Å²) >= 11 is 0. The van der Waals surface area contributed by atoms with E-state index in [2.05, 4.69) is 20.6 Å². The van der Waals surface area contributed by atoms with E-state index in [-0.39, 0.29) is 25.4 Å². The highest BCUT2D eigenvalue weighted by Crippen LogP contribution is 2.44. The molecule has 2 amide bonds. The van der Waals surface area contributed by atoms with Crippen molar-refractivity contribution in [3.8, 4) is 11.1 Å². The number of aromatic nitrogens is 2. The molecule has 4 N–H and O–H groups in total. The fourth-order valence-corrected chi connectivity index (χ4v) is 4.22. The Morgan fingerprint density at radius 1 is 1.03 bits per heavy atom. The molecular formula is C25H26N4O5. The highest BCUT2D eigenvalue weighted by atomic mass is 16.5. The van der Waals surface area contributed by atoms with Gasteiger partial charge in [-0.25, -0.2) is 14.6 Å². The van der Waals surface area contributed by atoms with Crippen molar-refractivity contribution in [1.29, 1.82) is 0 Å². The maximum absolute atomic E-state index is 12.7. The van der Waals surface area contributed by atoms with Crippen LogP contribution >= 0.6 is 0 Å². The van der Waals surface area contributed by atoms with Crippen LogP contribution in [0.3, 0.4) is 0 Å². The van der Waals surface area contributed by atoms with E-state index in [0.717, 1.165) is 22.3 Å². The van der Waals surface area contributed by atoms with Crippen LogP contribution < -0.4 is 10.6 Å². The normalized spacial score (nSPS) is 13.9. The van der Waals surface area contributed by atoms with Crippen molar-refractivity contribution in [1.82, 2.24) is 20.6 Å². The number of carboxylic acids is 1. The maximum atomic E-state index is 12.7. The standard InChI is InChI=1S/C25H26N4O5/c1-2-21(23(30)28-22(24(31)32)11-15-12-26-14-27-15)29-25(33)34-13-20-18-9-5-3-7-16(18)17-8-4-6-10-19(17)20/h3-10,12,14,20-22H,2,11,13H2,1H3,(H,26,27)(H,28,30)(H,29,33)(H,31,32)/t21-,22+/m0/s1. The van der Waals surface area contributed by atoms with Gasteiger partial charge in [0.25, 0.3) is 0 Å².